The van der Waals surface area contributed by atoms with Crippen molar-refractivity contribution in [2.45, 2.75) is 33.6 Å². The first-order chi connectivity index (χ1) is 13.8. The van der Waals surface area contributed by atoms with Crippen LogP contribution in [0.3, 0.4) is 0 Å². The number of hydrogen-bond acceptors (Lipinski definition) is 5. The van der Waals surface area contributed by atoms with Gasteiger partial charge in [0, 0.05) is 17.8 Å². The van der Waals surface area contributed by atoms with Gasteiger partial charge in [0.2, 0.25) is 5.88 Å². The molecule has 3 heterocycles. The zero-order chi connectivity index (χ0) is 20.7. The molecule has 3 N–H and O–H groups in total. The molecule has 7 heteroatoms. The van der Waals surface area contributed by atoms with Gasteiger partial charge in [0.25, 0.3) is 5.91 Å². The minimum Gasteiger partial charge on any atom is -0.438 e. The molecule has 0 spiro atoms. The van der Waals surface area contributed by atoms with Gasteiger partial charge in [-0.25, -0.2) is 4.98 Å². The van der Waals surface area contributed by atoms with Crippen LogP contribution in [0.15, 0.2) is 48.0 Å². The van der Waals surface area contributed by atoms with E-state index in [1.165, 1.54) is 0 Å². The van der Waals surface area contributed by atoms with Gasteiger partial charge in [-0.05, 0) is 54.7 Å². The number of aromatic amines is 1. The van der Waals surface area contributed by atoms with Gasteiger partial charge >= 0.3 is 0 Å². The van der Waals surface area contributed by atoms with Crippen LogP contribution in [0.2, 0.25) is 0 Å². The Hall–Kier alpha value is -3.61. The number of hydrazone groups is 1. The molecule has 148 valence electrons. The van der Waals surface area contributed by atoms with Crippen LogP contribution in [0.25, 0.3) is 11.0 Å². The molecule has 0 saturated carbocycles. The maximum Gasteiger partial charge on any atom is 0.277 e. The molecule has 0 fully saturated rings. The van der Waals surface area contributed by atoms with Crippen LogP contribution in [0.1, 0.15) is 42.0 Å². The largest absolute Gasteiger partial charge is 0.438 e. The van der Waals surface area contributed by atoms with E-state index in [2.05, 4.69) is 41.3 Å². The summed E-state index contributed by atoms with van der Waals surface area (Å²) in [5.41, 5.74) is 8.56. The molecule has 0 radical (unpaired) electrons. The number of rotatable bonds is 4. The fourth-order valence-corrected chi connectivity index (χ4v) is 3.45. The Kier molecular flexibility index (Phi) is 4.58. The van der Waals surface area contributed by atoms with Crippen molar-refractivity contribution in [2.75, 3.05) is 0 Å². The number of nitrogens with one attached hydrogen (secondary N) is 3. The quantitative estimate of drug-likeness (QED) is 0.629. The van der Waals surface area contributed by atoms with Crippen molar-refractivity contribution in [3.8, 4) is 11.6 Å². The number of pyridine rings is 1. The Morgan fingerprint density at radius 3 is 2.52 bits per heavy atom. The molecule has 0 aliphatic carbocycles. The number of nitrogens with zero attached hydrogens (tertiary/aromatic N) is 2. The minimum atomic E-state index is -0.290. The highest BCUT2D eigenvalue weighted by Crippen LogP contribution is 2.32. The number of hydrogen-bond donors (Lipinski definition) is 3. The van der Waals surface area contributed by atoms with Crippen LogP contribution >= 0.6 is 0 Å². The molecule has 4 rings (SSSR count). The summed E-state index contributed by atoms with van der Waals surface area (Å²) in [6, 6.07) is 7.59. The minimum absolute atomic E-state index is 0.290. The summed E-state index contributed by atoms with van der Waals surface area (Å²) in [7, 11) is 0. The lowest BCUT2D eigenvalue weighted by atomic mass is 10.0. The van der Waals surface area contributed by atoms with Crippen molar-refractivity contribution in [2.24, 2.45) is 5.10 Å². The molecule has 3 aromatic rings. The Labute approximate surface area is 168 Å². The first kappa shape index (κ1) is 18.7. The second kappa shape index (κ2) is 7.09. The number of H-pyrrole nitrogens is 1. The number of benzene rings is 1. The summed E-state index contributed by atoms with van der Waals surface area (Å²) in [6.07, 6.45) is 2.00. The Balaban J connectivity index is 1.68. The van der Waals surface area contributed by atoms with E-state index in [0.29, 0.717) is 28.9 Å². The third kappa shape index (κ3) is 3.47. The van der Waals surface area contributed by atoms with E-state index in [1.54, 1.807) is 0 Å². The van der Waals surface area contributed by atoms with Crippen LogP contribution < -0.4 is 15.5 Å². The fourth-order valence-electron chi connectivity index (χ4n) is 3.45. The van der Waals surface area contributed by atoms with Gasteiger partial charge in [-0.15, -0.1) is 0 Å². The van der Waals surface area contributed by atoms with E-state index >= 15 is 0 Å². The smallest absolute Gasteiger partial charge is 0.277 e. The maximum atomic E-state index is 12.2. The zero-order valence-corrected chi connectivity index (χ0v) is 16.9. The van der Waals surface area contributed by atoms with E-state index < -0.39 is 0 Å². The van der Waals surface area contributed by atoms with Gasteiger partial charge in [-0.3, -0.25) is 10.2 Å². The normalized spacial score (nSPS) is 14.0. The SMILES string of the molecule is C=C1NN=C(c2cc(C)c(Oc3ccc4[nH]cc(C(C)C)c4n3)c(C)c2)C(=O)N1. The Morgan fingerprint density at radius 2 is 1.86 bits per heavy atom. The van der Waals surface area contributed by atoms with Crippen molar-refractivity contribution in [3.63, 3.8) is 0 Å². The highest BCUT2D eigenvalue weighted by Gasteiger charge is 2.21. The molecular formula is C22H23N5O2. The highest BCUT2D eigenvalue weighted by atomic mass is 16.5. The van der Waals surface area contributed by atoms with Gasteiger partial charge in [-0.2, -0.15) is 5.10 Å². The average Bonchev–Trinajstić information content (AvgIpc) is 3.08. The van der Waals surface area contributed by atoms with Gasteiger partial charge in [0.05, 0.1) is 11.0 Å². The van der Waals surface area contributed by atoms with Crippen LogP contribution in [-0.4, -0.2) is 21.6 Å². The molecule has 0 atom stereocenters. The first-order valence-electron chi connectivity index (χ1n) is 9.45. The average molecular weight is 389 g/mol. The second-order valence-electron chi connectivity index (χ2n) is 7.49. The van der Waals surface area contributed by atoms with Crippen molar-refractivity contribution in [3.05, 3.63) is 65.1 Å². The molecular weight excluding hydrogens is 366 g/mol. The lowest BCUT2D eigenvalue weighted by molar-refractivity contribution is -0.114. The highest BCUT2D eigenvalue weighted by molar-refractivity contribution is 6.46. The van der Waals surface area contributed by atoms with Gasteiger partial charge < -0.3 is 15.0 Å². The van der Waals surface area contributed by atoms with Crippen molar-refractivity contribution in [1.82, 2.24) is 20.7 Å². The van der Waals surface area contributed by atoms with Gasteiger partial charge in [-0.1, -0.05) is 20.4 Å². The summed E-state index contributed by atoms with van der Waals surface area (Å²) in [4.78, 5) is 20.2. The molecule has 0 bridgehead atoms. The molecule has 1 aliphatic heterocycles. The number of carbonyl (C=O) groups excluding carboxylic acids is 1. The number of amides is 1. The number of aromatic nitrogens is 2. The second-order valence-corrected chi connectivity index (χ2v) is 7.49. The van der Waals surface area contributed by atoms with E-state index in [9.17, 15) is 4.79 Å². The molecule has 0 unspecified atom stereocenters. The topological polar surface area (TPSA) is 91.4 Å². The molecule has 1 aromatic carbocycles. The molecule has 0 saturated heterocycles. The van der Waals surface area contributed by atoms with Gasteiger partial charge in [0.15, 0.2) is 5.71 Å². The predicted molar refractivity (Wildman–Crippen MR) is 113 cm³/mol. The van der Waals surface area contributed by atoms with Crippen molar-refractivity contribution >= 4 is 22.7 Å². The summed E-state index contributed by atoms with van der Waals surface area (Å²) in [5.74, 6) is 1.68. The number of ether oxygens (including phenoxy) is 1. The summed E-state index contributed by atoms with van der Waals surface area (Å²) in [5, 5.41) is 6.74. The third-order valence-electron chi connectivity index (χ3n) is 4.87. The third-order valence-corrected chi connectivity index (χ3v) is 4.87. The van der Waals surface area contributed by atoms with E-state index in [0.717, 1.165) is 33.5 Å². The lowest BCUT2D eigenvalue weighted by Crippen LogP contribution is -2.40. The Bertz CT molecular complexity index is 1150. The molecule has 1 amide bonds. The van der Waals surface area contributed by atoms with Crippen molar-refractivity contribution < 1.29 is 9.53 Å². The maximum absolute atomic E-state index is 12.2. The summed E-state index contributed by atoms with van der Waals surface area (Å²) in [6.45, 7) is 11.8. The van der Waals surface area contributed by atoms with Gasteiger partial charge in [0.1, 0.15) is 11.6 Å². The van der Waals surface area contributed by atoms with E-state index in [4.69, 9.17) is 9.72 Å². The van der Waals surface area contributed by atoms with E-state index in [-0.39, 0.29) is 5.91 Å². The summed E-state index contributed by atoms with van der Waals surface area (Å²) >= 11 is 0. The predicted octanol–water partition coefficient (Wildman–Crippen LogP) is 3.99. The van der Waals surface area contributed by atoms with Crippen LogP contribution in [0.4, 0.5) is 0 Å². The number of aryl methyl sites for hydroxylation is 2. The van der Waals surface area contributed by atoms with Crippen molar-refractivity contribution in [1.29, 1.82) is 0 Å². The Morgan fingerprint density at radius 1 is 1.14 bits per heavy atom. The standard InChI is InChI=1S/C22H23N5O2/c1-11(2)16-10-23-17-6-7-18(25-20(16)17)29-21-12(3)8-15(9-13(21)4)19-22(28)24-14(5)26-27-19/h6-11,23,26H,5H2,1-4H3,(H,24,28). The van der Waals surface area contributed by atoms with E-state index in [1.807, 2.05) is 44.3 Å². The van der Waals surface area contributed by atoms with Crippen LogP contribution in [0.5, 0.6) is 11.6 Å². The van der Waals surface area contributed by atoms with Crippen LogP contribution in [-0.2, 0) is 4.79 Å². The summed E-state index contributed by atoms with van der Waals surface area (Å²) < 4.78 is 6.14. The molecule has 7 nitrogen and oxygen atoms in total. The number of fused-ring (bicyclic) bond motifs is 1. The van der Waals surface area contributed by atoms with Crippen LogP contribution in [0, 0.1) is 13.8 Å². The fraction of sp³-hybridized carbons (Fsp3) is 0.227. The first-order valence-corrected chi connectivity index (χ1v) is 9.45. The molecule has 1 aliphatic rings. The zero-order valence-electron chi connectivity index (χ0n) is 16.9. The monoisotopic (exact) mass is 389 g/mol. The molecule has 29 heavy (non-hydrogen) atoms. The number of carbonyl (C=O) groups is 1. The lowest BCUT2D eigenvalue weighted by Gasteiger charge is -2.18. The molecule has 2 aromatic heterocycles.